The minimum absolute atomic E-state index is 0.100. The highest BCUT2D eigenvalue weighted by molar-refractivity contribution is 5.09. The van der Waals surface area contributed by atoms with Crippen molar-refractivity contribution >= 4 is 0 Å². The summed E-state index contributed by atoms with van der Waals surface area (Å²) in [4.78, 5) is 0. The van der Waals surface area contributed by atoms with Crippen LogP contribution in [0.25, 0.3) is 0 Å². The first-order valence-corrected chi connectivity index (χ1v) is 6.51. The van der Waals surface area contributed by atoms with E-state index >= 15 is 0 Å². The third-order valence-corrected chi connectivity index (χ3v) is 5.78. The molecule has 3 rings (SSSR count). The molecular weight excluding hydrogens is 184 g/mol. The van der Waals surface area contributed by atoms with E-state index in [1.807, 2.05) is 0 Å². The van der Waals surface area contributed by atoms with Crippen LogP contribution in [0, 0.1) is 29.1 Å². The van der Waals surface area contributed by atoms with E-state index in [2.05, 4.69) is 34.6 Å². The Kier molecular flexibility index (Phi) is 2.46. The minimum Gasteiger partial charge on any atom is -0.389 e. The van der Waals surface area contributed by atoms with Crippen LogP contribution in [0.3, 0.4) is 0 Å². The molecule has 3 aliphatic rings. The van der Waals surface area contributed by atoms with Gasteiger partial charge in [-0.15, -0.1) is 0 Å². The zero-order chi connectivity index (χ0) is 11.4. The summed E-state index contributed by atoms with van der Waals surface area (Å²) in [5, 5.41) is 10.7. The fourth-order valence-corrected chi connectivity index (χ4v) is 4.25. The van der Waals surface area contributed by atoms with E-state index in [4.69, 9.17) is 0 Å². The maximum absolute atomic E-state index is 10.7. The van der Waals surface area contributed by atoms with Crippen molar-refractivity contribution in [2.45, 2.75) is 59.5 Å². The van der Waals surface area contributed by atoms with Crippen LogP contribution in [0.15, 0.2) is 0 Å². The van der Waals surface area contributed by atoms with Gasteiger partial charge in [0.2, 0.25) is 0 Å². The monoisotopic (exact) mass is 210 g/mol. The minimum atomic E-state index is -0.443. The van der Waals surface area contributed by atoms with Gasteiger partial charge in [0.05, 0.1) is 5.60 Å². The Morgan fingerprint density at radius 2 is 1.73 bits per heavy atom. The van der Waals surface area contributed by atoms with Crippen molar-refractivity contribution in [3.05, 3.63) is 0 Å². The van der Waals surface area contributed by atoms with Crippen LogP contribution in [0.2, 0.25) is 0 Å². The molecule has 0 saturated heterocycles. The molecule has 0 amide bonds. The number of rotatable bonds is 1. The van der Waals surface area contributed by atoms with Gasteiger partial charge in [-0.3, -0.25) is 0 Å². The van der Waals surface area contributed by atoms with Gasteiger partial charge in [-0.25, -0.2) is 0 Å². The molecule has 3 fully saturated rings. The van der Waals surface area contributed by atoms with Crippen molar-refractivity contribution < 1.29 is 5.11 Å². The predicted molar refractivity (Wildman–Crippen MR) is 63.6 cm³/mol. The molecule has 4 unspecified atom stereocenters. The second kappa shape index (κ2) is 3.23. The molecule has 15 heavy (non-hydrogen) atoms. The highest BCUT2D eigenvalue weighted by Crippen LogP contribution is 2.61. The zero-order valence-corrected chi connectivity index (χ0v) is 10.9. The molecule has 0 aromatic rings. The highest BCUT2D eigenvalue weighted by Gasteiger charge is 2.59. The summed E-state index contributed by atoms with van der Waals surface area (Å²) in [6.45, 7) is 11.3. The summed E-state index contributed by atoms with van der Waals surface area (Å²) in [5.41, 5.74) is -0.343. The molecule has 0 radical (unpaired) electrons. The average Bonchev–Trinajstić information content (AvgIpc) is 2.14. The van der Waals surface area contributed by atoms with Gasteiger partial charge in [0.25, 0.3) is 0 Å². The highest BCUT2D eigenvalue weighted by atomic mass is 16.3. The molecule has 0 aromatic heterocycles. The molecule has 1 N–H and O–H groups in total. The molecule has 0 heterocycles. The second-order valence-electron chi connectivity index (χ2n) is 6.89. The lowest BCUT2D eigenvalue weighted by molar-refractivity contribution is -0.208. The largest absolute Gasteiger partial charge is 0.389 e. The first-order chi connectivity index (χ1) is 6.78. The van der Waals surface area contributed by atoms with Gasteiger partial charge in [-0.2, -0.15) is 0 Å². The van der Waals surface area contributed by atoms with Gasteiger partial charge in [-0.05, 0) is 55.3 Å². The molecule has 3 aliphatic carbocycles. The average molecular weight is 210 g/mol. The topological polar surface area (TPSA) is 20.2 Å². The molecule has 1 heteroatoms. The Morgan fingerprint density at radius 1 is 1.13 bits per heavy atom. The normalized spacial score (nSPS) is 48.6. The molecule has 0 spiro atoms. The van der Waals surface area contributed by atoms with E-state index in [0.29, 0.717) is 5.92 Å². The maximum Gasteiger partial charge on any atom is 0.0701 e. The molecule has 2 bridgehead atoms. The van der Waals surface area contributed by atoms with Crippen LogP contribution in [0.4, 0.5) is 0 Å². The smallest absolute Gasteiger partial charge is 0.0701 e. The fraction of sp³-hybridized carbons (Fsp3) is 1.00. The summed E-state index contributed by atoms with van der Waals surface area (Å²) in [6, 6.07) is 0. The van der Waals surface area contributed by atoms with Crippen LogP contribution in [0.5, 0.6) is 0 Å². The molecule has 0 aromatic carbocycles. The van der Waals surface area contributed by atoms with Gasteiger partial charge >= 0.3 is 0 Å². The van der Waals surface area contributed by atoms with Gasteiger partial charge in [0.15, 0.2) is 0 Å². The Hall–Kier alpha value is -0.0400. The van der Waals surface area contributed by atoms with Crippen molar-refractivity contribution in [1.29, 1.82) is 0 Å². The summed E-state index contributed by atoms with van der Waals surface area (Å²) >= 11 is 0. The number of aliphatic hydroxyl groups is 1. The van der Waals surface area contributed by atoms with Crippen LogP contribution in [-0.4, -0.2) is 10.7 Å². The Morgan fingerprint density at radius 3 is 2.20 bits per heavy atom. The lowest BCUT2D eigenvalue weighted by Crippen LogP contribution is -2.62. The Labute approximate surface area is 94.3 Å². The summed E-state index contributed by atoms with van der Waals surface area (Å²) < 4.78 is 0. The maximum atomic E-state index is 10.7. The van der Waals surface area contributed by atoms with Crippen molar-refractivity contribution in [2.75, 3.05) is 0 Å². The van der Waals surface area contributed by atoms with E-state index in [1.165, 1.54) is 19.3 Å². The summed E-state index contributed by atoms with van der Waals surface area (Å²) in [5.74, 6) is 2.86. The zero-order valence-electron chi connectivity index (χ0n) is 10.9. The third kappa shape index (κ3) is 1.39. The van der Waals surface area contributed by atoms with Crippen molar-refractivity contribution in [2.24, 2.45) is 29.1 Å². The number of hydrogen-bond acceptors (Lipinski definition) is 1. The van der Waals surface area contributed by atoms with Crippen LogP contribution >= 0.6 is 0 Å². The molecule has 1 nitrogen and oxygen atoms in total. The Bertz CT molecular complexity index is 252. The number of fused-ring (bicyclic) bond motifs is 3. The van der Waals surface area contributed by atoms with E-state index in [0.717, 1.165) is 17.8 Å². The third-order valence-electron chi connectivity index (χ3n) is 5.78. The fourth-order valence-electron chi connectivity index (χ4n) is 4.25. The predicted octanol–water partition coefficient (Wildman–Crippen LogP) is 3.47. The van der Waals surface area contributed by atoms with Crippen LogP contribution in [-0.2, 0) is 0 Å². The van der Waals surface area contributed by atoms with Crippen molar-refractivity contribution in [1.82, 2.24) is 0 Å². The quantitative estimate of drug-likeness (QED) is 0.702. The standard InChI is InChI=1S/C14H26O/c1-9(2)11-8-10-6-7-12(11)13(3,4)14(10,5)15/h9-12,15H,6-8H2,1-5H3. The van der Waals surface area contributed by atoms with E-state index in [9.17, 15) is 5.11 Å². The lowest BCUT2D eigenvalue weighted by Gasteiger charge is -2.62. The van der Waals surface area contributed by atoms with Gasteiger partial charge in [-0.1, -0.05) is 27.7 Å². The lowest BCUT2D eigenvalue weighted by atomic mass is 9.45. The molecule has 88 valence electrons. The van der Waals surface area contributed by atoms with Crippen molar-refractivity contribution in [3.63, 3.8) is 0 Å². The SMILES string of the molecule is CC(C)C1CC2CCC1C(C)(C)C2(C)O. The van der Waals surface area contributed by atoms with Crippen LogP contribution in [0.1, 0.15) is 53.9 Å². The van der Waals surface area contributed by atoms with E-state index in [1.54, 1.807) is 0 Å². The molecular formula is C14H26O. The van der Waals surface area contributed by atoms with Crippen LogP contribution < -0.4 is 0 Å². The Balaban J connectivity index is 2.33. The second-order valence-corrected chi connectivity index (χ2v) is 6.89. The van der Waals surface area contributed by atoms with Gasteiger partial charge in [0, 0.05) is 0 Å². The summed E-state index contributed by atoms with van der Waals surface area (Å²) in [6.07, 6.45) is 3.82. The first kappa shape index (κ1) is 11.4. The van der Waals surface area contributed by atoms with Gasteiger partial charge in [0.1, 0.15) is 0 Å². The summed E-state index contributed by atoms with van der Waals surface area (Å²) in [7, 11) is 0. The van der Waals surface area contributed by atoms with Crippen molar-refractivity contribution in [3.8, 4) is 0 Å². The van der Waals surface area contributed by atoms with E-state index < -0.39 is 5.60 Å². The molecule has 4 atom stereocenters. The number of hydrogen-bond donors (Lipinski definition) is 1. The first-order valence-electron chi connectivity index (χ1n) is 6.51. The van der Waals surface area contributed by atoms with Gasteiger partial charge < -0.3 is 5.11 Å². The molecule has 0 aliphatic heterocycles. The molecule has 3 saturated carbocycles. The van der Waals surface area contributed by atoms with E-state index in [-0.39, 0.29) is 5.41 Å².